The molecule has 5 fully saturated rings. The van der Waals surface area contributed by atoms with Gasteiger partial charge in [-0.2, -0.15) is 14.9 Å². The first-order valence-electron chi connectivity index (χ1n) is 12.0. The second-order valence-electron chi connectivity index (χ2n) is 11.3. The lowest BCUT2D eigenvalue weighted by atomic mass is 9.60. The van der Waals surface area contributed by atoms with E-state index in [0.29, 0.717) is 38.1 Å². The molecule has 0 bridgehead atoms. The predicted molar refractivity (Wildman–Crippen MR) is 112 cm³/mol. The maximum absolute atomic E-state index is 13.0. The molecule has 0 unspecified atom stereocenters. The highest BCUT2D eigenvalue weighted by atomic mass is 19.4. The lowest BCUT2D eigenvalue weighted by Gasteiger charge is -2.63. The first-order valence-corrected chi connectivity index (χ1v) is 12.0. The van der Waals surface area contributed by atoms with Gasteiger partial charge in [0.2, 0.25) is 0 Å². The third-order valence-corrected chi connectivity index (χ3v) is 8.29. The van der Waals surface area contributed by atoms with Crippen LogP contribution in [-0.2, 0) is 12.8 Å². The molecule has 7 rings (SSSR count). The van der Waals surface area contributed by atoms with Gasteiger partial charge in [0.05, 0.1) is 11.7 Å². The Bertz CT molecular complexity index is 1110. The average Bonchev–Trinajstić information content (AvgIpc) is 3.19. The summed E-state index contributed by atoms with van der Waals surface area (Å²) < 4.78 is 41.1. The van der Waals surface area contributed by atoms with Crippen LogP contribution in [0.5, 0.6) is 0 Å². The molecule has 0 aromatic carbocycles. The number of halogens is 3. The molecular formula is C22H27F3N8O. The fourth-order valence-corrected chi connectivity index (χ4v) is 6.50. The van der Waals surface area contributed by atoms with Crippen molar-refractivity contribution in [3.63, 3.8) is 0 Å². The van der Waals surface area contributed by atoms with Crippen LogP contribution >= 0.6 is 0 Å². The van der Waals surface area contributed by atoms with E-state index in [1.165, 1.54) is 25.1 Å². The molecule has 2 saturated carbocycles. The van der Waals surface area contributed by atoms with Gasteiger partial charge >= 0.3 is 12.3 Å². The van der Waals surface area contributed by atoms with Crippen molar-refractivity contribution in [3.8, 4) is 0 Å². The standard InChI is InChI=1S/C22H27F3N8O/c23-22(24,25)33-16(3-4-27-33)7-29-8-21(9-29)12-31(13-21)19(34)30-10-20(11-30)5-17(6-20)32-14-26-18(28-32)15-1-2-15/h3-4,14-15,17H,1-2,5-13H2. The normalized spacial score (nSPS) is 25.7. The van der Waals surface area contributed by atoms with Crippen LogP contribution < -0.4 is 0 Å². The zero-order chi connectivity index (χ0) is 23.3. The largest absolute Gasteiger partial charge is 0.504 e. The Hall–Kier alpha value is -2.63. The number of urea groups is 1. The lowest BCUT2D eigenvalue weighted by molar-refractivity contribution is -0.215. The van der Waals surface area contributed by atoms with Crippen molar-refractivity contribution >= 4 is 6.03 Å². The average molecular weight is 477 g/mol. The van der Waals surface area contributed by atoms with Crippen molar-refractivity contribution in [2.45, 2.75) is 50.5 Å². The van der Waals surface area contributed by atoms with Crippen molar-refractivity contribution < 1.29 is 18.0 Å². The fourth-order valence-electron chi connectivity index (χ4n) is 6.50. The Morgan fingerprint density at radius 1 is 1.03 bits per heavy atom. The van der Waals surface area contributed by atoms with Crippen LogP contribution in [0.25, 0.3) is 0 Å². The van der Waals surface area contributed by atoms with Gasteiger partial charge in [0.25, 0.3) is 0 Å². The second kappa shape index (κ2) is 6.73. The number of carbonyl (C=O) groups excluding carboxylic acids is 1. The van der Waals surface area contributed by atoms with Gasteiger partial charge in [-0.25, -0.2) is 14.5 Å². The molecular weight excluding hydrogens is 449 g/mol. The molecule has 0 radical (unpaired) electrons. The zero-order valence-corrected chi connectivity index (χ0v) is 18.8. The summed E-state index contributed by atoms with van der Waals surface area (Å²) in [4.78, 5) is 23.1. The van der Waals surface area contributed by atoms with Crippen molar-refractivity contribution in [3.05, 3.63) is 30.1 Å². The second-order valence-corrected chi connectivity index (χ2v) is 11.3. The summed E-state index contributed by atoms with van der Waals surface area (Å²) in [7, 11) is 0. The third kappa shape index (κ3) is 3.24. The molecule has 9 nitrogen and oxygen atoms in total. The van der Waals surface area contributed by atoms with Crippen LogP contribution in [0.2, 0.25) is 0 Å². The number of amides is 2. The van der Waals surface area contributed by atoms with Gasteiger partial charge in [-0.15, -0.1) is 13.2 Å². The summed E-state index contributed by atoms with van der Waals surface area (Å²) in [5.41, 5.74) is 0.423. The van der Waals surface area contributed by atoms with E-state index in [9.17, 15) is 18.0 Å². The molecule has 2 aliphatic carbocycles. The van der Waals surface area contributed by atoms with Gasteiger partial charge in [-0.3, -0.25) is 4.90 Å². The number of nitrogens with zero attached hydrogens (tertiary/aromatic N) is 8. The molecule has 0 atom stereocenters. The summed E-state index contributed by atoms with van der Waals surface area (Å²) >= 11 is 0. The molecule has 34 heavy (non-hydrogen) atoms. The lowest BCUT2D eigenvalue weighted by Crippen LogP contribution is -2.75. The molecule has 3 aliphatic heterocycles. The molecule has 3 saturated heterocycles. The molecule has 182 valence electrons. The zero-order valence-electron chi connectivity index (χ0n) is 18.8. The maximum Gasteiger partial charge on any atom is 0.504 e. The molecule has 12 heteroatoms. The van der Waals surface area contributed by atoms with Crippen LogP contribution in [-0.4, -0.2) is 84.5 Å². The van der Waals surface area contributed by atoms with E-state index in [1.807, 2.05) is 25.7 Å². The van der Waals surface area contributed by atoms with Crippen molar-refractivity contribution in [2.24, 2.45) is 10.8 Å². The van der Waals surface area contributed by atoms with Gasteiger partial charge in [-0.05, 0) is 31.7 Å². The number of hydrogen-bond acceptors (Lipinski definition) is 5. The van der Waals surface area contributed by atoms with Crippen LogP contribution in [0.15, 0.2) is 18.6 Å². The van der Waals surface area contributed by atoms with E-state index < -0.39 is 6.30 Å². The van der Waals surface area contributed by atoms with Crippen molar-refractivity contribution in [1.82, 2.24) is 39.2 Å². The molecule has 2 aromatic rings. The number of aromatic nitrogens is 5. The van der Waals surface area contributed by atoms with Crippen molar-refractivity contribution in [1.29, 1.82) is 0 Å². The summed E-state index contributed by atoms with van der Waals surface area (Å²) in [5.74, 6) is 1.55. The minimum Gasteiger partial charge on any atom is -0.323 e. The van der Waals surface area contributed by atoms with Crippen molar-refractivity contribution in [2.75, 3.05) is 39.3 Å². The van der Waals surface area contributed by atoms with Crippen LogP contribution in [0.4, 0.5) is 18.0 Å². The molecule has 5 aliphatic rings. The molecule has 0 N–H and O–H groups in total. The summed E-state index contributed by atoms with van der Waals surface area (Å²) in [6.07, 6.45) is 3.07. The predicted octanol–water partition coefficient (Wildman–Crippen LogP) is 2.40. The SMILES string of the molecule is O=C(N1CC2(CC(n3cnc(C4CC4)n3)C2)C1)N1CC2(CN(Cc3ccnn3C(F)(F)F)C2)C1. The Labute approximate surface area is 194 Å². The topological polar surface area (TPSA) is 75.3 Å². The highest BCUT2D eigenvalue weighted by Crippen LogP contribution is 2.54. The van der Waals surface area contributed by atoms with Crippen LogP contribution in [0, 0.1) is 10.8 Å². The molecule has 2 aromatic heterocycles. The third-order valence-electron chi connectivity index (χ3n) is 8.29. The van der Waals surface area contributed by atoms with Gasteiger partial charge in [0, 0.05) is 68.8 Å². The van der Waals surface area contributed by atoms with Gasteiger partial charge in [0.15, 0.2) is 5.82 Å². The van der Waals surface area contributed by atoms with E-state index in [1.54, 1.807) is 0 Å². The van der Waals surface area contributed by atoms with Gasteiger partial charge < -0.3 is 9.80 Å². The summed E-state index contributed by atoms with van der Waals surface area (Å²) in [6, 6.07) is 1.92. The number of carbonyl (C=O) groups is 1. The first-order chi connectivity index (χ1) is 16.2. The van der Waals surface area contributed by atoms with E-state index in [4.69, 9.17) is 0 Å². The van der Waals surface area contributed by atoms with E-state index in [-0.39, 0.29) is 33.8 Å². The quantitative estimate of drug-likeness (QED) is 0.678. The minimum atomic E-state index is -4.50. The highest BCUT2D eigenvalue weighted by molar-refractivity contribution is 5.77. The first kappa shape index (κ1) is 20.7. The minimum absolute atomic E-state index is 0.0369. The molecule has 2 spiro atoms. The Balaban J connectivity index is 0.856. The molecule has 5 heterocycles. The maximum atomic E-state index is 13.0. The smallest absolute Gasteiger partial charge is 0.323 e. The van der Waals surface area contributed by atoms with E-state index in [2.05, 4.69) is 15.2 Å². The van der Waals surface area contributed by atoms with Gasteiger partial charge in [-0.1, -0.05) is 0 Å². The summed E-state index contributed by atoms with van der Waals surface area (Å²) in [6.45, 7) is 4.65. The monoisotopic (exact) mass is 476 g/mol. The number of hydrogen-bond donors (Lipinski definition) is 0. The Morgan fingerprint density at radius 3 is 2.35 bits per heavy atom. The highest BCUT2D eigenvalue weighted by Gasteiger charge is 2.58. The number of likely N-dealkylation sites (tertiary alicyclic amines) is 3. The van der Waals surface area contributed by atoms with E-state index >= 15 is 0 Å². The molecule has 2 amide bonds. The Morgan fingerprint density at radius 2 is 1.71 bits per heavy atom. The summed E-state index contributed by atoms with van der Waals surface area (Å²) in [5, 5.41) is 8.05. The van der Waals surface area contributed by atoms with Crippen LogP contribution in [0.3, 0.4) is 0 Å². The number of rotatable bonds is 4. The van der Waals surface area contributed by atoms with Gasteiger partial charge in [0.1, 0.15) is 6.33 Å². The van der Waals surface area contributed by atoms with Crippen LogP contribution in [0.1, 0.15) is 49.2 Å². The number of alkyl halides is 3. The fraction of sp³-hybridized carbons (Fsp3) is 0.727. The van der Waals surface area contributed by atoms with E-state index in [0.717, 1.165) is 31.8 Å². The Kier molecular flexibility index (Phi) is 4.10.